The number of aryl methyl sites for hydroxylation is 1. The van der Waals surface area contributed by atoms with Crippen molar-refractivity contribution in [3.8, 4) is 0 Å². The van der Waals surface area contributed by atoms with Crippen LogP contribution < -0.4 is 0 Å². The molecule has 0 fully saturated rings. The van der Waals surface area contributed by atoms with Crippen LogP contribution in [0, 0.1) is 6.92 Å². The Kier molecular flexibility index (Phi) is 3.27. The highest BCUT2D eigenvalue weighted by Gasteiger charge is 2.31. The lowest BCUT2D eigenvalue weighted by Crippen LogP contribution is -2.39. The summed E-state index contributed by atoms with van der Waals surface area (Å²) in [7, 11) is -3.11. The van der Waals surface area contributed by atoms with Gasteiger partial charge in [0.25, 0.3) is 0 Å². The van der Waals surface area contributed by atoms with E-state index in [9.17, 15) is 8.42 Å². The summed E-state index contributed by atoms with van der Waals surface area (Å²) in [6.45, 7) is 4.72. The molecule has 0 spiro atoms. The van der Waals surface area contributed by atoms with Gasteiger partial charge in [0.05, 0.1) is 6.26 Å². The second kappa shape index (κ2) is 4.42. The molecule has 0 bridgehead atoms. The fourth-order valence-electron chi connectivity index (χ4n) is 2.64. The summed E-state index contributed by atoms with van der Waals surface area (Å²) in [5.41, 5.74) is 3.72. The third-order valence-electron chi connectivity index (χ3n) is 3.42. The second-order valence-electron chi connectivity index (χ2n) is 4.75. The van der Waals surface area contributed by atoms with Gasteiger partial charge in [0.15, 0.2) is 0 Å². The summed E-state index contributed by atoms with van der Waals surface area (Å²) < 4.78 is 25.1. The Labute approximate surface area is 104 Å². The number of sulfonamides is 1. The smallest absolute Gasteiger partial charge is 0.211 e. The monoisotopic (exact) mass is 253 g/mol. The largest absolute Gasteiger partial charge is 0.212 e. The Hall–Kier alpha value is -0.870. The molecule has 0 amide bonds. The Bertz CT molecular complexity index is 522. The zero-order chi connectivity index (χ0) is 12.6. The molecule has 0 radical (unpaired) electrons. The molecular formula is C13H19NO2S. The molecule has 1 aromatic rings. The van der Waals surface area contributed by atoms with E-state index in [1.165, 1.54) is 22.9 Å². The number of hydrogen-bond acceptors (Lipinski definition) is 2. The Balaban J connectivity index is 2.47. The Morgan fingerprint density at radius 2 is 2.12 bits per heavy atom. The normalized spacial score (nSPS) is 21.2. The van der Waals surface area contributed by atoms with Crippen molar-refractivity contribution in [3.63, 3.8) is 0 Å². The average Bonchev–Trinajstić information content (AvgIpc) is 2.25. The van der Waals surface area contributed by atoms with Crippen LogP contribution in [0.15, 0.2) is 18.2 Å². The lowest BCUT2D eigenvalue weighted by Gasteiger charge is -2.35. The molecule has 3 nitrogen and oxygen atoms in total. The number of fused-ring (bicyclic) bond motifs is 1. The van der Waals surface area contributed by atoms with Crippen molar-refractivity contribution in [2.45, 2.75) is 32.7 Å². The van der Waals surface area contributed by atoms with E-state index in [1.54, 1.807) is 4.31 Å². The van der Waals surface area contributed by atoms with Crippen molar-refractivity contribution in [2.24, 2.45) is 0 Å². The topological polar surface area (TPSA) is 37.4 Å². The summed E-state index contributed by atoms with van der Waals surface area (Å²) in [4.78, 5) is 0. The lowest BCUT2D eigenvalue weighted by molar-refractivity contribution is 0.303. The van der Waals surface area contributed by atoms with E-state index in [-0.39, 0.29) is 6.04 Å². The van der Waals surface area contributed by atoms with Gasteiger partial charge in [-0.1, -0.05) is 30.7 Å². The SMILES string of the molecule is CC[C@H]1c2ccc(C)cc2CCN1S(C)(=O)=O. The first-order valence-electron chi connectivity index (χ1n) is 5.99. The van der Waals surface area contributed by atoms with E-state index < -0.39 is 10.0 Å². The number of nitrogens with zero attached hydrogens (tertiary/aromatic N) is 1. The third-order valence-corrected chi connectivity index (χ3v) is 4.71. The van der Waals surface area contributed by atoms with Gasteiger partial charge in [0, 0.05) is 12.6 Å². The van der Waals surface area contributed by atoms with Crippen LogP contribution in [0.2, 0.25) is 0 Å². The van der Waals surface area contributed by atoms with Gasteiger partial charge in [-0.2, -0.15) is 4.31 Å². The summed E-state index contributed by atoms with van der Waals surface area (Å²) in [6, 6.07) is 6.33. The molecule has 94 valence electrons. The Morgan fingerprint density at radius 1 is 1.41 bits per heavy atom. The molecule has 0 saturated heterocycles. The van der Waals surface area contributed by atoms with Crippen LogP contribution in [-0.4, -0.2) is 25.5 Å². The fourth-order valence-corrected chi connectivity index (χ4v) is 3.79. The zero-order valence-corrected chi connectivity index (χ0v) is 11.4. The number of rotatable bonds is 2. The molecule has 0 saturated carbocycles. The number of hydrogen-bond donors (Lipinski definition) is 0. The van der Waals surface area contributed by atoms with E-state index >= 15 is 0 Å². The molecule has 0 unspecified atom stereocenters. The minimum Gasteiger partial charge on any atom is -0.212 e. The predicted molar refractivity (Wildman–Crippen MR) is 69.5 cm³/mol. The molecule has 1 atom stereocenters. The van der Waals surface area contributed by atoms with E-state index in [0.29, 0.717) is 6.54 Å². The van der Waals surface area contributed by atoms with Gasteiger partial charge >= 0.3 is 0 Å². The molecule has 0 aliphatic carbocycles. The maximum Gasteiger partial charge on any atom is 0.211 e. The maximum atomic E-state index is 11.8. The van der Waals surface area contributed by atoms with Crippen LogP contribution in [0.3, 0.4) is 0 Å². The van der Waals surface area contributed by atoms with Gasteiger partial charge < -0.3 is 0 Å². The lowest BCUT2D eigenvalue weighted by atomic mass is 9.91. The van der Waals surface area contributed by atoms with Crippen molar-refractivity contribution in [1.82, 2.24) is 4.31 Å². The fraction of sp³-hybridized carbons (Fsp3) is 0.538. The molecule has 2 rings (SSSR count). The van der Waals surface area contributed by atoms with E-state index in [2.05, 4.69) is 25.1 Å². The Morgan fingerprint density at radius 3 is 2.71 bits per heavy atom. The van der Waals surface area contributed by atoms with Gasteiger partial charge in [-0.25, -0.2) is 8.42 Å². The van der Waals surface area contributed by atoms with Crippen LogP contribution >= 0.6 is 0 Å². The van der Waals surface area contributed by atoms with E-state index in [0.717, 1.165) is 12.8 Å². The predicted octanol–water partition coefficient (Wildman–Crippen LogP) is 2.26. The molecule has 4 heteroatoms. The molecule has 1 aliphatic rings. The standard InChI is InChI=1S/C13H19NO2S/c1-4-13-12-6-5-10(2)9-11(12)7-8-14(13)17(3,15)16/h5-6,9,13H,4,7-8H2,1-3H3/t13-/m0/s1. The minimum atomic E-state index is -3.11. The maximum absolute atomic E-state index is 11.8. The highest BCUT2D eigenvalue weighted by molar-refractivity contribution is 7.88. The number of benzene rings is 1. The molecule has 1 aromatic carbocycles. The molecular weight excluding hydrogens is 234 g/mol. The minimum absolute atomic E-state index is 0.00866. The molecule has 1 heterocycles. The molecule has 1 aliphatic heterocycles. The summed E-state index contributed by atoms with van der Waals surface area (Å²) >= 11 is 0. The summed E-state index contributed by atoms with van der Waals surface area (Å²) in [5.74, 6) is 0. The van der Waals surface area contributed by atoms with Crippen molar-refractivity contribution in [2.75, 3.05) is 12.8 Å². The van der Waals surface area contributed by atoms with Crippen molar-refractivity contribution in [1.29, 1.82) is 0 Å². The van der Waals surface area contributed by atoms with Crippen molar-refractivity contribution >= 4 is 10.0 Å². The van der Waals surface area contributed by atoms with Crippen LogP contribution in [-0.2, 0) is 16.4 Å². The first-order chi connectivity index (χ1) is 7.93. The molecule has 0 N–H and O–H groups in total. The third kappa shape index (κ3) is 2.38. The van der Waals surface area contributed by atoms with E-state index in [4.69, 9.17) is 0 Å². The highest BCUT2D eigenvalue weighted by atomic mass is 32.2. The first-order valence-corrected chi connectivity index (χ1v) is 7.84. The average molecular weight is 253 g/mol. The van der Waals surface area contributed by atoms with Crippen LogP contribution in [0.5, 0.6) is 0 Å². The quantitative estimate of drug-likeness (QED) is 0.810. The summed E-state index contributed by atoms with van der Waals surface area (Å²) in [5, 5.41) is 0. The van der Waals surface area contributed by atoms with Gasteiger partial charge in [0.2, 0.25) is 10.0 Å². The van der Waals surface area contributed by atoms with Crippen molar-refractivity contribution in [3.05, 3.63) is 34.9 Å². The second-order valence-corrected chi connectivity index (χ2v) is 6.69. The highest BCUT2D eigenvalue weighted by Crippen LogP contribution is 2.34. The van der Waals surface area contributed by atoms with Gasteiger partial charge in [-0.3, -0.25) is 0 Å². The van der Waals surface area contributed by atoms with Gasteiger partial charge in [0.1, 0.15) is 0 Å². The first kappa shape index (κ1) is 12.6. The van der Waals surface area contributed by atoms with Crippen molar-refractivity contribution < 1.29 is 8.42 Å². The van der Waals surface area contributed by atoms with Crippen LogP contribution in [0.25, 0.3) is 0 Å². The summed E-state index contributed by atoms with van der Waals surface area (Å²) in [6.07, 6.45) is 2.94. The van der Waals surface area contributed by atoms with E-state index in [1.807, 2.05) is 6.92 Å². The molecule has 0 aromatic heterocycles. The zero-order valence-electron chi connectivity index (χ0n) is 10.6. The van der Waals surface area contributed by atoms with Crippen LogP contribution in [0.1, 0.15) is 36.1 Å². The van der Waals surface area contributed by atoms with Gasteiger partial charge in [-0.05, 0) is 30.9 Å². The van der Waals surface area contributed by atoms with Crippen LogP contribution in [0.4, 0.5) is 0 Å². The molecule has 17 heavy (non-hydrogen) atoms. The van der Waals surface area contributed by atoms with Gasteiger partial charge in [-0.15, -0.1) is 0 Å².